The van der Waals surface area contributed by atoms with Crippen molar-refractivity contribution in [3.8, 4) is 0 Å². The fourth-order valence-electron chi connectivity index (χ4n) is 1.53. The molecule has 0 amide bonds. The molecular formula is C12H16N4OS. The summed E-state index contributed by atoms with van der Waals surface area (Å²) in [5, 5.41) is 9.64. The molecule has 5 nitrogen and oxygen atoms in total. The van der Waals surface area contributed by atoms with Gasteiger partial charge in [0.25, 0.3) is 5.22 Å². The van der Waals surface area contributed by atoms with Crippen LogP contribution in [0.1, 0.15) is 28.3 Å². The summed E-state index contributed by atoms with van der Waals surface area (Å²) in [4.78, 5) is 4.32. The summed E-state index contributed by atoms with van der Waals surface area (Å²) >= 11 is 1.37. The molecule has 0 aliphatic rings. The van der Waals surface area contributed by atoms with Crippen molar-refractivity contribution >= 4 is 11.8 Å². The fourth-order valence-corrected chi connectivity index (χ4v) is 2.48. The molecule has 2 aromatic rings. The van der Waals surface area contributed by atoms with E-state index in [0.717, 1.165) is 33.3 Å². The van der Waals surface area contributed by atoms with Crippen molar-refractivity contribution in [2.75, 3.05) is 0 Å². The molecule has 0 aromatic carbocycles. The molecule has 2 aromatic heterocycles. The van der Waals surface area contributed by atoms with E-state index in [2.05, 4.69) is 15.2 Å². The molecule has 0 aliphatic heterocycles. The van der Waals surface area contributed by atoms with Crippen molar-refractivity contribution in [1.82, 2.24) is 15.2 Å². The summed E-state index contributed by atoms with van der Waals surface area (Å²) in [5.74, 6) is 0.823. The molecule has 2 heterocycles. The number of rotatable bonds is 3. The van der Waals surface area contributed by atoms with Crippen molar-refractivity contribution in [3.05, 3.63) is 28.3 Å². The maximum absolute atomic E-state index is 5.78. The second-order valence-corrected chi connectivity index (χ2v) is 5.06. The van der Waals surface area contributed by atoms with Crippen LogP contribution >= 0.6 is 11.8 Å². The monoisotopic (exact) mass is 264 g/mol. The van der Waals surface area contributed by atoms with Crippen LogP contribution in [0, 0.1) is 27.7 Å². The van der Waals surface area contributed by atoms with Crippen molar-refractivity contribution < 1.29 is 4.42 Å². The quantitative estimate of drug-likeness (QED) is 0.916. The summed E-state index contributed by atoms with van der Waals surface area (Å²) in [6, 6.07) is 0. The molecule has 18 heavy (non-hydrogen) atoms. The molecule has 0 unspecified atom stereocenters. The van der Waals surface area contributed by atoms with Gasteiger partial charge in [-0.15, -0.1) is 5.10 Å². The molecule has 96 valence electrons. The molecule has 0 saturated carbocycles. The minimum Gasteiger partial charge on any atom is -0.436 e. The van der Waals surface area contributed by atoms with Crippen LogP contribution in [0.4, 0.5) is 0 Å². The molecule has 2 rings (SSSR count). The molecule has 0 radical (unpaired) electrons. The Balaban J connectivity index is 2.37. The molecule has 0 bridgehead atoms. The van der Waals surface area contributed by atoms with Crippen molar-refractivity contribution in [3.63, 3.8) is 0 Å². The van der Waals surface area contributed by atoms with E-state index in [1.165, 1.54) is 11.8 Å². The van der Waals surface area contributed by atoms with Gasteiger partial charge in [0.05, 0.1) is 11.4 Å². The molecular weight excluding hydrogens is 248 g/mol. The Morgan fingerprint density at radius 3 is 2.39 bits per heavy atom. The molecule has 2 N–H and O–H groups in total. The Morgan fingerprint density at radius 1 is 1.11 bits per heavy atom. The van der Waals surface area contributed by atoms with Gasteiger partial charge in [0.2, 0.25) is 0 Å². The van der Waals surface area contributed by atoms with E-state index in [9.17, 15) is 0 Å². The minimum absolute atomic E-state index is 0.434. The zero-order valence-electron chi connectivity index (χ0n) is 10.9. The third-order valence-corrected chi connectivity index (χ3v) is 3.81. The Bertz CT molecular complexity index is 560. The smallest absolute Gasteiger partial charge is 0.262 e. The highest BCUT2D eigenvalue weighted by Crippen LogP contribution is 2.30. The molecule has 0 aliphatic carbocycles. The lowest BCUT2D eigenvalue weighted by molar-refractivity contribution is 0.430. The Labute approximate surface area is 110 Å². The number of oxazole rings is 1. The number of nitrogens with two attached hydrogens (primary N) is 1. The Morgan fingerprint density at radius 2 is 1.83 bits per heavy atom. The van der Waals surface area contributed by atoms with Crippen LogP contribution in [-0.2, 0) is 6.54 Å². The number of nitrogens with zero attached hydrogens (tertiary/aromatic N) is 3. The van der Waals surface area contributed by atoms with Crippen LogP contribution in [0.15, 0.2) is 14.7 Å². The number of hydrogen-bond donors (Lipinski definition) is 1. The van der Waals surface area contributed by atoms with Gasteiger partial charge in [0.1, 0.15) is 10.8 Å². The first-order valence-electron chi connectivity index (χ1n) is 5.67. The first-order valence-corrected chi connectivity index (χ1v) is 6.49. The van der Waals surface area contributed by atoms with E-state index < -0.39 is 0 Å². The predicted molar refractivity (Wildman–Crippen MR) is 69.5 cm³/mol. The summed E-state index contributed by atoms with van der Waals surface area (Å²) in [6.45, 7) is 8.17. The average molecular weight is 264 g/mol. The fraction of sp³-hybridized carbons (Fsp3) is 0.417. The van der Waals surface area contributed by atoms with E-state index in [-0.39, 0.29) is 0 Å². The summed E-state index contributed by atoms with van der Waals surface area (Å²) in [7, 11) is 0. The highest BCUT2D eigenvalue weighted by atomic mass is 32.2. The van der Waals surface area contributed by atoms with Gasteiger partial charge in [-0.05, 0) is 45.0 Å². The van der Waals surface area contributed by atoms with E-state index in [4.69, 9.17) is 10.2 Å². The zero-order chi connectivity index (χ0) is 13.3. The highest BCUT2D eigenvalue weighted by molar-refractivity contribution is 7.99. The average Bonchev–Trinajstić information content (AvgIpc) is 2.64. The van der Waals surface area contributed by atoms with Gasteiger partial charge in [-0.1, -0.05) is 0 Å². The lowest BCUT2D eigenvalue weighted by Crippen LogP contribution is -2.06. The highest BCUT2D eigenvalue weighted by Gasteiger charge is 2.14. The van der Waals surface area contributed by atoms with Crippen LogP contribution < -0.4 is 5.73 Å². The van der Waals surface area contributed by atoms with E-state index in [1.54, 1.807) is 0 Å². The molecule has 6 heteroatoms. The van der Waals surface area contributed by atoms with Gasteiger partial charge in [0.15, 0.2) is 0 Å². The Hall–Kier alpha value is -1.40. The number of aromatic nitrogens is 3. The van der Waals surface area contributed by atoms with Crippen molar-refractivity contribution in [1.29, 1.82) is 0 Å². The Kier molecular flexibility index (Phi) is 3.68. The van der Waals surface area contributed by atoms with Gasteiger partial charge in [-0.25, -0.2) is 4.98 Å². The van der Waals surface area contributed by atoms with Crippen LogP contribution in [0.25, 0.3) is 0 Å². The molecule has 0 saturated heterocycles. The predicted octanol–water partition coefficient (Wildman–Crippen LogP) is 2.31. The third kappa shape index (κ3) is 2.39. The van der Waals surface area contributed by atoms with Crippen LogP contribution in [-0.4, -0.2) is 15.2 Å². The number of aryl methyl sites for hydroxylation is 3. The molecule has 0 spiro atoms. The number of hydrogen-bond acceptors (Lipinski definition) is 6. The lowest BCUT2D eigenvalue weighted by atomic mass is 10.1. The van der Waals surface area contributed by atoms with E-state index >= 15 is 0 Å². The van der Waals surface area contributed by atoms with Crippen LogP contribution in [0.2, 0.25) is 0 Å². The summed E-state index contributed by atoms with van der Waals surface area (Å²) in [5.41, 5.74) is 9.65. The summed E-state index contributed by atoms with van der Waals surface area (Å²) in [6.07, 6.45) is 0. The van der Waals surface area contributed by atoms with Crippen LogP contribution in [0.5, 0.6) is 0 Å². The summed E-state index contributed by atoms with van der Waals surface area (Å²) < 4.78 is 5.53. The van der Waals surface area contributed by atoms with E-state index in [0.29, 0.717) is 11.8 Å². The second kappa shape index (κ2) is 5.07. The van der Waals surface area contributed by atoms with Gasteiger partial charge in [-0.2, -0.15) is 5.10 Å². The minimum atomic E-state index is 0.434. The largest absolute Gasteiger partial charge is 0.436 e. The lowest BCUT2D eigenvalue weighted by Gasteiger charge is -2.08. The van der Waals surface area contributed by atoms with Crippen molar-refractivity contribution in [2.45, 2.75) is 44.5 Å². The second-order valence-electron chi connectivity index (χ2n) is 4.12. The molecule has 0 atom stereocenters. The normalized spacial score (nSPS) is 10.9. The van der Waals surface area contributed by atoms with E-state index in [1.807, 2.05) is 27.7 Å². The molecule has 0 fully saturated rings. The standard InChI is InChI=1S/C12H16N4OS/c1-6-7(2)15-16-11(10(6)5-13)18-12-14-8(3)9(4)17-12/h5,13H2,1-4H3. The van der Waals surface area contributed by atoms with Gasteiger partial charge < -0.3 is 10.2 Å². The zero-order valence-corrected chi connectivity index (χ0v) is 11.8. The first kappa shape index (κ1) is 13.0. The maximum Gasteiger partial charge on any atom is 0.262 e. The van der Waals surface area contributed by atoms with Gasteiger partial charge >= 0.3 is 0 Å². The maximum atomic E-state index is 5.78. The first-order chi connectivity index (χ1) is 8.52. The third-order valence-electron chi connectivity index (χ3n) is 2.94. The van der Waals surface area contributed by atoms with Crippen LogP contribution in [0.3, 0.4) is 0 Å². The SMILES string of the molecule is Cc1nc(Sc2nnc(C)c(C)c2CN)oc1C. The van der Waals surface area contributed by atoms with Gasteiger partial charge in [-0.3, -0.25) is 0 Å². The van der Waals surface area contributed by atoms with Gasteiger partial charge in [0, 0.05) is 12.1 Å². The van der Waals surface area contributed by atoms with Crippen molar-refractivity contribution in [2.24, 2.45) is 5.73 Å². The topological polar surface area (TPSA) is 77.8 Å².